The van der Waals surface area contributed by atoms with Crippen LogP contribution in [0.5, 0.6) is 0 Å². The van der Waals surface area contributed by atoms with Crippen molar-refractivity contribution in [2.45, 2.75) is 76.9 Å². The third-order valence-electron chi connectivity index (χ3n) is 7.54. The Kier molecular flexibility index (Phi) is 9.30. The SMILES string of the molecule is Cc1cccc(CN(C(=O)CN(c2ccc(C)cc2C)S(=O)(=O)c2ccccc2)C(C)C(=O)NC2CCCC2)c1. The number of carbonyl (C=O) groups is 2. The van der Waals surface area contributed by atoms with Crippen LogP contribution in [0.1, 0.15) is 54.9 Å². The molecule has 3 aromatic rings. The van der Waals surface area contributed by atoms with Crippen LogP contribution in [0.4, 0.5) is 5.69 Å². The van der Waals surface area contributed by atoms with Crippen molar-refractivity contribution in [3.05, 3.63) is 95.1 Å². The van der Waals surface area contributed by atoms with E-state index in [1.807, 2.05) is 57.2 Å². The van der Waals surface area contributed by atoms with Gasteiger partial charge in [-0.1, -0.05) is 78.6 Å². The summed E-state index contributed by atoms with van der Waals surface area (Å²) in [7, 11) is -4.08. The van der Waals surface area contributed by atoms with Gasteiger partial charge in [-0.3, -0.25) is 13.9 Å². The van der Waals surface area contributed by atoms with Gasteiger partial charge < -0.3 is 10.2 Å². The molecule has 212 valence electrons. The van der Waals surface area contributed by atoms with E-state index in [0.717, 1.165) is 47.9 Å². The van der Waals surface area contributed by atoms with E-state index >= 15 is 0 Å². The second-order valence-corrected chi connectivity index (χ2v) is 12.7. The van der Waals surface area contributed by atoms with Gasteiger partial charge in [-0.2, -0.15) is 0 Å². The van der Waals surface area contributed by atoms with Crippen LogP contribution >= 0.6 is 0 Å². The number of benzene rings is 3. The first-order chi connectivity index (χ1) is 19.1. The van der Waals surface area contributed by atoms with Crippen LogP contribution in [0.2, 0.25) is 0 Å². The molecule has 0 saturated heterocycles. The standard InChI is InChI=1S/C32H39N3O4S/c1-23-11-10-12-27(20-23)21-34(26(4)32(37)33-28-13-8-9-14-28)31(36)22-35(30-18-17-24(2)19-25(30)3)40(38,39)29-15-6-5-7-16-29/h5-7,10-12,15-20,26,28H,8-9,13-14,21-22H2,1-4H3,(H,33,37). The summed E-state index contributed by atoms with van der Waals surface area (Å²) in [4.78, 5) is 29.0. The summed E-state index contributed by atoms with van der Waals surface area (Å²) >= 11 is 0. The second-order valence-electron chi connectivity index (χ2n) is 10.8. The number of anilines is 1. The van der Waals surface area contributed by atoms with Crippen LogP contribution in [0.25, 0.3) is 0 Å². The Balaban J connectivity index is 1.70. The fraction of sp³-hybridized carbons (Fsp3) is 0.375. The van der Waals surface area contributed by atoms with Crippen molar-refractivity contribution in [1.29, 1.82) is 0 Å². The minimum Gasteiger partial charge on any atom is -0.352 e. The van der Waals surface area contributed by atoms with E-state index in [-0.39, 0.29) is 23.4 Å². The highest BCUT2D eigenvalue weighted by Gasteiger charge is 2.33. The van der Waals surface area contributed by atoms with Gasteiger partial charge in [0.2, 0.25) is 11.8 Å². The Morgan fingerprint density at radius 1 is 0.900 bits per heavy atom. The molecule has 1 N–H and O–H groups in total. The van der Waals surface area contributed by atoms with Crippen LogP contribution in [0.15, 0.2) is 77.7 Å². The molecule has 8 heteroatoms. The predicted octanol–water partition coefficient (Wildman–Crippen LogP) is 5.28. The van der Waals surface area contributed by atoms with Crippen LogP contribution < -0.4 is 9.62 Å². The zero-order chi connectivity index (χ0) is 28.9. The van der Waals surface area contributed by atoms with Crippen LogP contribution in [0, 0.1) is 20.8 Å². The number of sulfonamides is 1. The molecule has 0 bridgehead atoms. The summed E-state index contributed by atoms with van der Waals surface area (Å²) in [5.74, 6) is -0.674. The van der Waals surface area contributed by atoms with Crippen molar-refractivity contribution in [1.82, 2.24) is 10.2 Å². The Morgan fingerprint density at radius 2 is 1.57 bits per heavy atom. The molecule has 0 aliphatic heterocycles. The highest BCUT2D eigenvalue weighted by Crippen LogP contribution is 2.28. The summed E-state index contributed by atoms with van der Waals surface area (Å²) < 4.78 is 29.1. The number of amides is 2. The van der Waals surface area contributed by atoms with Crippen LogP contribution in [-0.2, 0) is 26.2 Å². The molecule has 3 aromatic carbocycles. The van der Waals surface area contributed by atoms with Crippen molar-refractivity contribution in [3.8, 4) is 0 Å². The molecule has 1 fully saturated rings. The van der Waals surface area contributed by atoms with Gasteiger partial charge in [-0.15, -0.1) is 0 Å². The summed E-state index contributed by atoms with van der Waals surface area (Å²) in [6.07, 6.45) is 4.01. The van der Waals surface area contributed by atoms with Crippen molar-refractivity contribution in [3.63, 3.8) is 0 Å². The van der Waals surface area contributed by atoms with Gasteiger partial charge in [0.05, 0.1) is 10.6 Å². The van der Waals surface area contributed by atoms with Crippen LogP contribution in [-0.4, -0.2) is 43.8 Å². The number of hydrogen-bond donors (Lipinski definition) is 1. The smallest absolute Gasteiger partial charge is 0.264 e. The van der Waals surface area contributed by atoms with Crippen molar-refractivity contribution in [2.75, 3.05) is 10.8 Å². The van der Waals surface area contributed by atoms with Crippen molar-refractivity contribution >= 4 is 27.5 Å². The minimum absolute atomic E-state index is 0.0973. The first-order valence-electron chi connectivity index (χ1n) is 13.9. The number of carbonyl (C=O) groups excluding carboxylic acids is 2. The third kappa shape index (κ3) is 6.91. The Morgan fingerprint density at radius 3 is 2.23 bits per heavy atom. The maximum Gasteiger partial charge on any atom is 0.264 e. The number of nitrogens with one attached hydrogen (secondary N) is 1. The number of aryl methyl sites for hydroxylation is 3. The maximum atomic E-state index is 14.1. The molecule has 4 rings (SSSR count). The van der Waals surface area contributed by atoms with Gasteiger partial charge in [-0.05, 0) is 69.9 Å². The average Bonchev–Trinajstić information content (AvgIpc) is 3.44. The van der Waals surface area contributed by atoms with E-state index in [2.05, 4.69) is 5.32 Å². The molecule has 0 radical (unpaired) electrons. The number of hydrogen-bond acceptors (Lipinski definition) is 4. The number of rotatable bonds is 10. The largest absolute Gasteiger partial charge is 0.352 e. The molecule has 1 aliphatic rings. The monoisotopic (exact) mass is 561 g/mol. The van der Waals surface area contributed by atoms with Crippen molar-refractivity contribution < 1.29 is 18.0 Å². The second kappa shape index (κ2) is 12.7. The fourth-order valence-corrected chi connectivity index (χ4v) is 6.80. The molecule has 1 unspecified atom stereocenters. The maximum absolute atomic E-state index is 14.1. The molecule has 2 amide bonds. The fourth-order valence-electron chi connectivity index (χ4n) is 5.30. The average molecular weight is 562 g/mol. The van der Waals surface area contributed by atoms with E-state index in [1.54, 1.807) is 31.2 Å². The lowest BCUT2D eigenvalue weighted by Crippen LogP contribution is -2.52. The lowest BCUT2D eigenvalue weighted by atomic mass is 10.1. The van der Waals surface area contributed by atoms with Gasteiger partial charge in [0.15, 0.2) is 0 Å². The third-order valence-corrected chi connectivity index (χ3v) is 9.31. The van der Waals surface area contributed by atoms with Gasteiger partial charge in [-0.25, -0.2) is 8.42 Å². The Bertz CT molecular complexity index is 1450. The minimum atomic E-state index is -4.08. The normalized spacial score (nSPS) is 14.5. The molecular formula is C32H39N3O4S. The summed E-state index contributed by atoms with van der Waals surface area (Å²) in [5, 5.41) is 3.10. The molecule has 1 saturated carbocycles. The van der Waals surface area contributed by atoms with E-state index in [0.29, 0.717) is 5.69 Å². The highest BCUT2D eigenvalue weighted by atomic mass is 32.2. The van der Waals surface area contributed by atoms with E-state index < -0.39 is 28.5 Å². The quantitative estimate of drug-likeness (QED) is 0.365. The molecule has 1 atom stereocenters. The van der Waals surface area contributed by atoms with Gasteiger partial charge >= 0.3 is 0 Å². The molecule has 0 aromatic heterocycles. The lowest BCUT2D eigenvalue weighted by Gasteiger charge is -2.33. The first kappa shape index (κ1) is 29.3. The molecule has 0 spiro atoms. The Hall–Kier alpha value is -3.65. The highest BCUT2D eigenvalue weighted by molar-refractivity contribution is 7.92. The van der Waals surface area contributed by atoms with Gasteiger partial charge in [0.25, 0.3) is 10.0 Å². The zero-order valence-corrected chi connectivity index (χ0v) is 24.6. The predicted molar refractivity (Wildman–Crippen MR) is 158 cm³/mol. The summed E-state index contributed by atoms with van der Waals surface area (Å²) in [6.45, 7) is 7.21. The zero-order valence-electron chi connectivity index (χ0n) is 23.8. The number of nitrogens with zero attached hydrogens (tertiary/aromatic N) is 2. The molecule has 7 nitrogen and oxygen atoms in total. The molecule has 40 heavy (non-hydrogen) atoms. The van der Waals surface area contributed by atoms with Crippen LogP contribution in [0.3, 0.4) is 0 Å². The van der Waals surface area contributed by atoms with Gasteiger partial charge in [0, 0.05) is 12.6 Å². The van der Waals surface area contributed by atoms with E-state index in [4.69, 9.17) is 0 Å². The van der Waals surface area contributed by atoms with Gasteiger partial charge in [0.1, 0.15) is 12.6 Å². The first-order valence-corrected chi connectivity index (χ1v) is 15.3. The topological polar surface area (TPSA) is 86.8 Å². The van der Waals surface area contributed by atoms with E-state index in [9.17, 15) is 18.0 Å². The lowest BCUT2D eigenvalue weighted by molar-refractivity contribution is -0.139. The summed E-state index contributed by atoms with van der Waals surface area (Å²) in [5.41, 5.74) is 4.07. The summed E-state index contributed by atoms with van der Waals surface area (Å²) in [6, 6.07) is 20.7. The van der Waals surface area contributed by atoms with E-state index in [1.165, 1.54) is 21.3 Å². The molecule has 1 aliphatic carbocycles. The molecular weight excluding hydrogens is 522 g/mol. The Labute approximate surface area is 238 Å². The molecule has 0 heterocycles. The van der Waals surface area contributed by atoms with Crippen molar-refractivity contribution in [2.24, 2.45) is 0 Å².